The third-order valence-electron chi connectivity index (χ3n) is 2.31. The first-order valence-corrected chi connectivity index (χ1v) is 6.32. The Morgan fingerprint density at radius 1 is 1.35 bits per heavy atom. The zero-order valence-electron chi connectivity index (χ0n) is 10.2. The molecular weight excluding hydrogens is 294 g/mol. The fraction of sp³-hybridized carbons (Fsp3) is 0.167. The van der Waals surface area contributed by atoms with E-state index >= 15 is 0 Å². The van der Waals surface area contributed by atoms with Gasteiger partial charge in [0.2, 0.25) is 5.13 Å². The summed E-state index contributed by atoms with van der Waals surface area (Å²) >= 11 is 1.32. The van der Waals surface area contributed by atoms with Crippen LogP contribution in [-0.4, -0.2) is 11.2 Å². The largest absolute Gasteiger partial charge is 0.416 e. The molecule has 1 aromatic carbocycles. The van der Waals surface area contributed by atoms with Crippen LogP contribution in [-0.2, 0) is 6.18 Å². The van der Waals surface area contributed by atoms with Crippen molar-refractivity contribution in [1.82, 2.24) is 4.98 Å². The number of thiazole rings is 1. The molecule has 2 rings (SSSR count). The van der Waals surface area contributed by atoms with Crippen molar-refractivity contribution in [3.63, 3.8) is 0 Å². The van der Waals surface area contributed by atoms with Gasteiger partial charge in [0.15, 0.2) is 0 Å². The van der Waals surface area contributed by atoms with Crippen LogP contribution in [0.25, 0.3) is 0 Å². The lowest BCUT2D eigenvalue weighted by atomic mass is 10.1. The maximum atomic E-state index is 13.5. The summed E-state index contributed by atoms with van der Waals surface area (Å²) in [5.41, 5.74) is 2.31. The maximum Gasteiger partial charge on any atom is 0.416 e. The molecule has 0 saturated heterocycles. The predicted molar refractivity (Wildman–Crippen MR) is 69.5 cm³/mol. The summed E-state index contributed by atoms with van der Waals surface area (Å²) in [6.07, 6.45) is -3.46. The fourth-order valence-electron chi connectivity index (χ4n) is 1.37. The first-order chi connectivity index (χ1) is 9.36. The van der Waals surface area contributed by atoms with Gasteiger partial charge in [-0.25, -0.2) is 9.37 Å². The normalized spacial score (nSPS) is 12.1. The van der Waals surface area contributed by atoms with Gasteiger partial charge in [0, 0.05) is 10.9 Å². The van der Waals surface area contributed by atoms with E-state index < -0.39 is 17.6 Å². The van der Waals surface area contributed by atoms with Crippen molar-refractivity contribution in [3.8, 4) is 0 Å². The number of hydrogen-bond acceptors (Lipinski definition) is 4. The number of aryl methyl sites for hydroxylation is 1. The third kappa shape index (κ3) is 3.53. The van der Waals surface area contributed by atoms with Crippen LogP contribution in [0.15, 0.2) is 28.7 Å². The van der Waals surface area contributed by atoms with Crippen LogP contribution in [0.5, 0.6) is 0 Å². The van der Waals surface area contributed by atoms with Crippen LogP contribution in [0, 0.1) is 12.7 Å². The molecule has 1 N–H and O–H groups in total. The molecule has 3 nitrogen and oxygen atoms in total. The molecule has 0 aliphatic rings. The number of benzene rings is 1. The second-order valence-electron chi connectivity index (χ2n) is 3.90. The van der Waals surface area contributed by atoms with Crippen molar-refractivity contribution >= 4 is 22.7 Å². The van der Waals surface area contributed by atoms with Crippen molar-refractivity contribution in [2.24, 2.45) is 5.10 Å². The Balaban J connectivity index is 2.10. The molecule has 20 heavy (non-hydrogen) atoms. The molecule has 0 radical (unpaired) electrons. The molecule has 0 aliphatic carbocycles. The standard InChI is InChI=1S/C12H9F4N3S/c1-7-6-20-11(18-7)19-17-5-8-2-3-9(4-10(8)13)12(14,15)16/h2-6H,1H3,(H,18,19). The van der Waals surface area contributed by atoms with E-state index in [2.05, 4.69) is 15.5 Å². The Hall–Kier alpha value is -1.96. The van der Waals surface area contributed by atoms with E-state index in [0.717, 1.165) is 24.0 Å². The van der Waals surface area contributed by atoms with Crippen LogP contribution in [0.2, 0.25) is 0 Å². The zero-order valence-corrected chi connectivity index (χ0v) is 11.0. The average molecular weight is 303 g/mol. The van der Waals surface area contributed by atoms with E-state index in [4.69, 9.17) is 0 Å². The molecule has 1 aromatic heterocycles. The average Bonchev–Trinajstić information content (AvgIpc) is 2.76. The van der Waals surface area contributed by atoms with Gasteiger partial charge in [0.25, 0.3) is 0 Å². The van der Waals surface area contributed by atoms with Gasteiger partial charge < -0.3 is 0 Å². The molecule has 0 atom stereocenters. The van der Waals surface area contributed by atoms with E-state index in [9.17, 15) is 17.6 Å². The van der Waals surface area contributed by atoms with Crippen LogP contribution in [0.1, 0.15) is 16.8 Å². The number of hydrogen-bond donors (Lipinski definition) is 1. The minimum absolute atomic E-state index is 0.0428. The van der Waals surface area contributed by atoms with Gasteiger partial charge in [-0.3, -0.25) is 5.43 Å². The summed E-state index contributed by atoms with van der Waals surface area (Å²) in [4.78, 5) is 4.06. The summed E-state index contributed by atoms with van der Waals surface area (Å²) in [7, 11) is 0. The topological polar surface area (TPSA) is 37.3 Å². The number of halogens is 4. The quantitative estimate of drug-likeness (QED) is 0.527. The predicted octanol–water partition coefficient (Wildman–Crippen LogP) is 4.06. The summed E-state index contributed by atoms with van der Waals surface area (Å²) < 4.78 is 50.5. The van der Waals surface area contributed by atoms with Gasteiger partial charge >= 0.3 is 6.18 Å². The molecular formula is C12H9F4N3S. The van der Waals surface area contributed by atoms with Gasteiger partial charge in [-0.05, 0) is 25.1 Å². The lowest BCUT2D eigenvalue weighted by Crippen LogP contribution is -2.06. The van der Waals surface area contributed by atoms with Crippen molar-refractivity contribution < 1.29 is 17.6 Å². The second-order valence-corrected chi connectivity index (χ2v) is 4.76. The Kier molecular flexibility index (Phi) is 4.03. The van der Waals surface area contributed by atoms with Gasteiger partial charge in [0.1, 0.15) is 5.82 Å². The Morgan fingerprint density at radius 2 is 2.10 bits per heavy atom. The molecule has 0 aliphatic heterocycles. The SMILES string of the molecule is Cc1csc(NN=Cc2ccc(C(F)(F)F)cc2F)n1. The van der Waals surface area contributed by atoms with Gasteiger partial charge in [0.05, 0.1) is 17.5 Å². The first kappa shape index (κ1) is 14.4. The van der Waals surface area contributed by atoms with E-state index in [0.29, 0.717) is 11.2 Å². The Morgan fingerprint density at radius 3 is 2.65 bits per heavy atom. The van der Waals surface area contributed by atoms with Gasteiger partial charge in [-0.15, -0.1) is 11.3 Å². The fourth-order valence-corrected chi connectivity index (χ4v) is 2.01. The number of nitrogens with zero attached hydrogens (tertiary/aromatic N) is 2. The minimum Gasteiger partial charge on any atom is -0.253 e. The number of nitrogens with one attached hydrogen (secondary N) is 1. The molecule has 0 spiro atoms. The maximum absolute atomic E-state index is 13.5. The molecule has 0 fully saturated rings. The minimum atomic E-state index is -4.56. The molecule has 106 valence electrons. The van der Waals surface area contributed by atoms with Crippen LogP contribution < -0.4 is 5.43 Å². The third-order valence-corrected chi connectivity index (χ3v) is 3.18. The molecule has 0 amide bonds. The van der Waals surface area contributed by atoms with Crippen molar-refractivity contribution in [2.75, 3.05) is 5.43 Å². The Labute approximate surface area is 116 Å². The molecule has 0 bridgehead atoms. The molecule has 0 saturated carbocycles. The lowest BCUT2D eigenvalue weighted by Gasteiger charge is -2.06. The number of aromatic nitrogens is 1. The van der Waals surface area contributed by atoms with E-state index in [1.165, 1.54) is 11.3 Å². The molecule has 8 heteroatoms. The van der Waals surface area contributed by atoms with E-state index in [-0.39, 0.29) is 5.56 Å². The van der Waals surface area contributed by atoms with Crippen molar-refractivity contribution in [2.45, 2.75) is 13.1 Å². The first-order valence-electron chi connectivity index (χ1n) is 5.44. The molecule has 0 unspecified atom stereocenters. The van der Waals surface area contributed by atoms with E-state index in [1.54, 1.807) is 12.3 Å². The van der Waals surface area contributed by atoms with Crippen molar-refractivity contribution in [3.05, 3.63) is 46.2 Å². The number of rotatable bonds is 3. The van der Waals surface area contributed by atoms with Crippen molar-refractivity contribution in [1.29, 1.82) is 0 Å². The van der Waals surface area contributed by atoms with Crippen LogP contribution >= 0.6 is 11.3 Å². The Bertz CT molecular complexity index is 634. The van der Waals surface area contributed by atoms with Gasteiger partial charge in [-0.2, -0.15) is 18.3 Å². The highest BCUT2D eigenvalue weighted by molar-refractivity contribution is 7.13. The highest BCUT2D eigenvalue weighted by Gasteiger charge is 2.30. The highest BCUT2D eigenvalue weighted by atomic mass is 32.1. The van der Waals surface area contributed by atoms with Crippen LogP contribution in [0.4, 0.5) is 22.7 Å². The number of anilines is 1. The zero-order chi connectivity index (χ0) is 14.8. The van der Waals surface area contributed by atoms with Crippen LogP contribution in [0.3, 0.4) is 0 Å². The second kappa shape index (κ2) is 5.58. The van der Waals surface area contributed by atoms with E-state index in [1.807, 2.05) is 0 Å². The molecule has 2 aromatic rings. The summed E-state index contributed by atoms with van der Waals surface area (Å²) in [6.45, 7) is 1.81. The highest BCUT2D eigenvalue weighted by Crippen LogP contribution is 2.29. The lowest BCUT2D eigenvalue weighted by molar-refractivity contribution is -0.137. The summed E-state index contributed by atoms with van der Waals surface area (Å²) in [5, 5.41) is 6.05. The summed E-state index contributed by atoms with van der Waals surface area (Å²) in [5.74, 6) is -0.985. The smallest absolute Gasteiger partial charge is 0.253 e. The monoisotopic (exact) mass is 303 g/mol. The van der Waals surface area contributed by atoms with Gasteiger partial charge in [-0.1, -0.05) is 0 Å². The molecule has 1 heterocycles. The number of alkyl halides is 3. The number of hydrazone groups is 1. The summed E-state index contributed by atoms with van der Waals surface area (Å²) in [6, 6.07) is 2.27.